The molecule has 0 aromatic heterocycles. The van der Waals surface area contributed by atoms with Gasteiger partial charge in [0.2, 0.25) is 0 Å². The predicted molar refractivity (Wildman–Crippen MR) is 80.6 cm³/mol. The monoisotopic (exact) mass is 261 g/mol. The summed E-state index contributed by atoms with van der Waals surface area (Å²) in [6.07, 6.45) is 1.22. The summed E-state index contributed by atoms with van der Waals surface area (Å²) in [6, 6.07) is 6.52. The van der Waals surface area contributed by atoms with Crippen molar-refractivity contribution in [2.45, 2.75) is 65.5 Å². The molecule has 1 aromatic rings. The van der Waals surface area contributed by atoms with Crippen LogP contribution >= 0.6 is 0 Å². The van der Waals surface area contributed by atoms with Crippen LogP contribution in [0.2, 0.25) is 0 Å². The lowest BCUT2D eigenvalue weighted by atomic mass is 9.72. The fraction of sp³-hybridized carbons (Fsp3) is 0.647. The van der Waals surface area contributed by atoms with Gasteiger partial charge in [-0.15, -0.1) is 0 Å². The standard InChI is InChI=1S/C17H27NO/c1-11-15(18)13-9-12(7-8-14(13)19-11)17(5,6)10-16(2,3)4/h7-9,11,15H,10,18H2,1-6H3. The Balaban J connectivity index is 2.33. The zero-order valence-corrected chi connectivity index (χ0v) is 13.1. The summed E-state index contributed by atoms with van der Waals surface area (Å²) in [7, 11) is 0. The van der Waals surface area contributed by atoms with Crippen LogP contribution < -0.4 is 10.5 Å². The van der Waals surface area contributed by atoms with Crippen LogP contribution in [0.1, 0.15) is 65.1 Å². The van der Waals surface area contributed by atoms with Crippen LogP contribution in [0.3, 0.4) is 0 Å². The van der Waals surface area contributed by atoms with Gasteiger partial charge >= 0.3 is 0 Å². The predicted octanol–water partition coefficient (Wildman–Crippen LogP) is 4.18. The Hall–Kier alpha value is -1.02. The lowest BCUT2D eigenvalue weighted by molar-refractivity contribution is 0.228. The molecule has 1 aliphatic heterocycles. The van der Waals surface area contributed by atoms with E-state index in [0.29, 0.717) is 5.41 Å². The van der Waals surface area contributed by atoms with E-state index in [1.165, 1.54) is 5.56 Å². The van der Waals surface area contributed by atoms with Gasteiger partial charge in [0, 0.05) is 5.56 Å². The summed E-state index contributed by atoms with van der Waals surface area (Å²) < 4.78 is 5.76. The van der Waals surface area contributed by atoms with E-state index in [1.807, 2.05) is 6.92 Å². The zero-order chi connectivity index (χ0) is 14.4. The Morgan fingerprint density at radius 1 is 1.16 bits per heavy atom. The maximum absolute atomic E-state index is 6.20. The van der Waals surface area contributed by atoms with Crippen molar-refractivity contribution in [3.63, 3.8) is 0 Å². The molecule has 0 radical (unpaired) electrons. The molecular weight excluding hydrogens is 234 g/mol. The third-order valence-corrected chi connectivity index (χ3v) is 3.94. The Labute approximate surface area is 117 Å². The fourth-order valence-electron chi connectivity index (χ4n) is 3.29. The van der Waals surface area contributed by atoms with Gasteiger partial charge in [-0.1, -0.05) is 40.7 Å². The highest BCUT2D eigenvalue weighted by Crippen LogP contribution is 2.41. The van der Waals surface area contributed by atoms with E-state index in [0.717, 1.165) is 17.7 Å². The van der Waals surface area contributed by atoms with Crippen molar-refractivity contribution >= 4 is 0 Å². The largest absolute Gasteiger partial charge is 0.488 e. The molecule has 2 rings (SSSR count). The Morgan fingerprint density at radius 3 is 2.37 bits per heavy atom. The maximum Gasteiger partial charge on any atom is 0.124 e. The Bertz CT molecular complexity index is 471. The van der Waals surface area contributed by atoms with Crippen LogP contribution in [0.4, 0.5) is 0 Å². The van der Waals surface area contributed by atoms with E-state index in [2.05, 4.69) is 52.8 Å². The smallest absolute Gasteiger partial charge is 0.124 e. The van der Waals surface area contributed by atoms with Gasteiger partial charge in [0.1, 0.15) is 11.9 Å². The molecule has 106 valence electrons. The van der Waals surface area contributed by atoms with Gasteiger partial charge in [0.15, 0.2) is 0 Å². The molecule has 0 fully saturated rings. The summed E-state index contributed by atoms with van der Waals surface area (Å²) in [5.41, 5.74) is 9.18. The minimum absolute atomic E-state index is 0.000358. The van der Waals surface area contributed by atoms with Gasteiger partial charge in [0.25, 0.3) is 0 Å². The second kappa shape index (κ2) is 4.52. The number of fused-ring (bicyclic) bond motifs is 1. The Kier molecular flexibility index (Phi) is 3.42. The molecule has 1 aliphatic rings. The van der Waals surface area contributed by atoms with Crippen molar-refractivity contribution in [3.8, 4) is 5.75 Å². The van der Waals surface area contributed by atoms with E-state index in [4.69, 9.17) is 10.5 Å². The molecule has 2 unspecified atom stereocenters. The van der Waals surface area contributed by atoms with Crippen LogP contribution in [-0.4, -0.2) is 6.10 Å². The molecule has 1 heterocycles. The number of rotatable bonds is 2. The minimum atomic E-state index is 0.000358. The van der Waals surface area contributed by atoms with E-state index >= 15 is 0 Å². The molecule has 0 saturated heterocycles. The third kappa shape index (κ3) is 2.94. The summed E-state index contributed by atoms with van der Waals surface area (Å²) in [6.45, 7) is 13.5. The van der Waals surface area contributed by atoms with Crippen LogP contribution in [0.25, 0.3) is 0 Å². The van der Waals surface area contributed by atoms with Gasteiger partial charge in [-0.25, -0.2) is 0 Å². The topological polar surface area (TPSA) is 35.2 Å². The van der Waals surface area contributed by atoms with Crippen molar-refractivity contribution in [3.05, 3.63) is 29.3 Å². The molecule has 0 aliphatic carbocycles. The van der Waals surface area contributed by atoms with Crippen molar-refractivity contribution in [1.82, 2.24) is 0 Å². The average Bonchev–Trinajstić information content (AvgIpc) is 2.51. The minimum Gasteiger partial charge on any atom is -0.488 e. The molecule has 2 N–H and O–H groups in total. The number of hydrogen-bond acceptors (Lipinski definition) is 2. The van der Waals surface area contributed by atoms with E-state index in [-0.39, 0.29) is 17.6 Å². The van der Waals surface area contributed by atoms with E-state index in [1.54, 1.807) is 0 Å². The fourth-order valence-corrected chi connectivity index (χ4v) is 3.29. The highest BCUT2D eigenvalue weighted by atomic mass is 16.5. The molecule has 0 amide bonds. The molecule has 2 heteroatoms. The highest BCUT2D eigenvalue weighted by molar-refractivity contribution is 5.45. The zero-order valence-electron chi connectivity index (χ0n) is 13.1. The molecule has 1 aromatic carbocycles. The van der Waals surface area contributed by atoms with Gasteiger partial charge in [0.05, 0.1) is 6.04 Å². The van der Waals surface area contributed by atoms with E-state index < -0.39 is 0 Å². The van der Waals surface area contributed by atoms with Crippen LogP contribution in [-0.2, 0) is 5.41 Å². The molecular formula is C17H27NO. The van der Waals surface area contributed by atoms with Crippen molar-refractivity contribution in [2.75, 3.05) is 0 Å². The lowest BCUT2D eigenvalue weighted by Crippen LogP contribution is -2.25. The van der Waals surface area contributed by atoms with Crippen molar-refractivity contribution in [2.24, 2.45) is 11.1 Å². The molecule has 2 nitrogen and oxygen atoms in total. The van der Waals surface area contributed by atoms with Crippen molar-refractivity contribution in [1.29, 1.82) is 0 Å². The molecule has 0 spiro atoms. The average molecular weight is 261 g/mol. The Morgan fingerprint density at radius 2 is 1.79 bits per heavy atom. The molecule has 2 atom stereocenters. The number of benzene rings is 1. The lowest BCUT2D eigenvalue weighted by Gasteiger charge is -2.33. The quantitative estimate of drug-likeness (QED) is 0.866. The van der Waals surface area contributed by atoms with Crippen molar-refractivity contribution < 1.29 is 4.74 Å². The molecule has 19 heavy (non-hydrogen) atoms. The van der Waals surface area contributed by atoms with Crippen LogP contribution in [0, 0.1) is 5.41 Å². The number of nitrogens with two attached hydrogens (primary N) is 1. The van der Waals surface area contributed by atoms with Crippen LogP contribution in [0.15, 0.2) is 18.2 Å². The molecule has 0 saturated carbocycles. The highest BCUT2D eigenvalue weighted by Gasteiger charge is 2.32. The SMILES string of the molecule is CC1Oc2ccc(C(C)(C)CC(C)(C)C)cc2C1N. The summed E-state index contributed by atoms with van der Waals surface area (Å²) >= 11 is 0. The van der Waals surface area contributed by atoms with Crippen LogP contribution in [0.5, 0.6) is 5.75 Å². The second-order valence-corrected chi connectivity index (χ2v) is 7.72. The van der Waals surface area contributed by atoms with Gasteiger partial charge in [-0.2, -0.15) is 0 Å². The maximum atomic E-state index is 6.20. The molecule has 0 bridgehead atoms. The first-order valence-electron chi connectivity index (χ1n) is 7.17. The second-order valence-electron chi connectivity index (χ2n) is 7.72. The van der Waals surface area contributed by atoms with E-state index in [9.17, 15) is 0 Å². The third-order valence-electron chi connectivity index (χ3n) is 3.94. The first kappa shape index (κ1) is 14.4. The number of ether oxygens (including phenoxy) is 1. The summed E-state index contributed by atoms with van der Waals surface area (Å²) in [4.78, 5) is 0. The van der Waals surface area contributed by atoms with Gasteiger partial charge in [-0.05, 0) is 41.9 Å². The normalized spacial score (nSPS) is 23.1. The summed E-state index contributed by atoms with van der Waals surface area (Å²) in [5, 5.41) is 0. The van der Waals surface area contributed by atoms with Gasteiger partial charge in [-0.3, -0.25) is 0 Å². The summed E-state index contributed by atoms with van der Waals surface area (Å²) in [5.74, 6) is 0.954. The first-order valence-corrected chi connectivity index (χ1v) is 7.17. The first-order chi connectivity index (χ1) is 8.60. The van der Waals surface area contributed by atoms with Gasteiger partial charge < -0.3 is 10.5 Å². The number of hydrogen-bond donors (Lipinski definition) is 1.